The minimum absolute atomic E-state index is 0.190. The van der Waals surface area contributed by atoms with Crippen LogP contribution in [0.15, 0.2) is 53.0 Å². The smallest absolute Gasteiger partial charge is 0.124 e. The minimum Gasteiger partial charge on any atom is -0.315 e. The highest BCUT2D eigenvalue weighted by atomic mass is 79.9. The average Bonchev–Trinajstić information content (AvgIpc) is 2.40. The number of rotatable bonds is 4. The maximum absolute atomic E-state index is 13.2. The lowest BCUT2D eigenvalue weighted by molar-refractivity contribution is 0.166. The Hall–Kier alpha value is -1.19. The lowest BCUT2D eigenvalue weighted by atomic mass is 9.72. The molecule has 1 fully saturated rings. The molecule has 0 atom stereocenters. The quantitative estimate of drug-likeness (QED) is 0.892. The molecule has 1 aliphatic rings. The number of benzene rings is 2. The first-order chi connectivity index (χ1) is 9.67. The topological polar surface area (TPSA) is 12.0 Å². The fourth-order valence-electron chi connectivity index (χ4n) is 2.89. The van der Waals surface area contributed by atoms with Crippen LogP contribution in [0.1, 0.15) is 11.1 Å². The second-order valence-corrected chi connectivity index (χ2v) is 6.53. The van der Waals surface area contributed by atoms with Crippen LogP contribution in [-0.4, -0.2) is 13.1 Å². The van der Waals surface area contributed by atoms with Gasteiger partial charge >= 0.3 is 0 Å². The molecule has 2 aromatic carbocycles. The van der Waals surface area contributed by atoms with Crippen molar-refractivity contribution in [3.8, 4) is 0 Å². The van der Waals surface area contributed by atoms with Crippen LogP contribution in [0.3, 0.4) is 0 Å². The number of hydrogen-bond donors (Lipinski definition) is 1. The van der Waals surface area contributed by atoms with Crippen molar-refractivity contribution in [2.24, 2.45) is 5.41 Å². The molecule has 1 heterocycles. The second kappa shape index (κ2) is 5.66. The van der Waals surface area contributed by atoms with E-state index in [1.165, 1.54) is 11.1 Å². The SMILES string of the molecule is Fc1ccc(CC2(Cc3ccccc3)CNC2)c(Br)c1. The van der Waals surface area contributed by atoms with Crippen LogP contribution in [0.4, 0.5) is 4.39 Å². The van der Waals surface area contributed by atoms with Gasteiger partial charge in [0, 0.05) is 23.0 Å². The molecule has 0 spiro atoms. The number of hydrogen-bond acceptors (Lipinski definition) is 1. The van der Waals surface area contributed by atoms with E-state index >= 15 is 0 Å². The van der Waals surface area contributed by atoms with Crippen molar-refractivity contribution in [3.63, 3.8) is 0 Å². The zero-order valence-corrected chi connectivity index (χ0v) is 12.8. The molecule has 0 saturated carbocycles. The van der Waals surface area contributed by atoms with Crippen LogP contribution in [0.5, 0.6) is 0 Å². The van der Waals surface area contributed by atoms with Crippen molar-refractivity contribution >= 4 is 15.9 Å². The minimum atomic E-state index is -0.190. The molecular formula is C17H17BrFN. The highest BCUT2D eigenvalue weighted by molar-refractivity contribution is 9.10. The first kappa shape index (κ1) is 13.8. The standard InChI is InChI=1S/C17H17BrFN/c18-16-8-15(19)7-6-14(16)10-17(11-20-12-17)9-13-4-2-1-3-5-13/h1-8,20H,9-12H2. The largest absolute Gasteiger partial charge is 0.315 e. The first-order valence-electron chi connectivity index (χ1n) is 6.86. The summed E-state index contributed by atoms with van der Waals surface area (Å²) in [4.78, 5) is 0. The van der Waals surface area contributed by atoms with Crippen molar-refractivity contribution < 1.29 is 4.39 Å². The van der Waals surface area contributed by atoms with Gasteiger partial charge in [-0.05, 0) is 36.1 Å². The lowest BCUT2D eigenvalue weighted by Gasteiger charge is -2.43. The van der Waals surface area contributed by atoms with E-state index < -0.39 is 0 Å². The summed E-state index contributed by atoms with van der Waals surface area (Å²) < 4.78 is 14.1. The number of halogens is 2. The fourth-order valence-corrected chi connectivity index (χ4v) is 3.38. The van der Waals surface area contributed by atoms with Crippen LogP contribution in [0, 0.1) is 11.2 Å². The molecule has 1 N–H and O–H groups in total. The monoisotopic (exact) mass is 333 g/mol. The normalized spacial score (nSPS) is 16.7. The highest BCUT2D eigenvalue weighted by Crippen LogP contribution is 2.34. The van der Waals surface area contributed by atoms with Gasteiger partial charge in [0.05, 0.1) is 0 Å². The van der Waals surface area contributed by atoms with E-state index in [4.69, 9.17) is 0 Å². The molecule has 2 aromatic rings. The van der Waals surface area contributed by atoms with Gasteiger partial charge in [0.1, 0.15) is 5.82 Å². The predicted molar refractivity (Wildman–Crippen MR) is 83.3 cm³/mol. The van der Waals surface area contributed by atoms with Crippen LogP contribution in [0.2, 0.25) is 0 Å². The Bertz CT molecular complexity index is 593. The van der Waals surface area contributed by atoms with Crippen molar-refractivity contribution in [1.82, 2.24) is 5.32 Å². The molecule has 0 bridgehead atoms. The van der Waals surface area contributed by atoms with Gasteiger partial charge in [-0.15, -0.1) is 0 Å². The van der Waals surface area contributed by atoms with E-state index in [9.17, 15) is 4.39 Å². The van der Waals surface area contributed by atoms with Crippen LogP contribution >= 0.6 is 15.9 Å². The number of nitrogens with one attached hydrogen (secondary N) is 1. The summed E-state index contributed by atoms with van der Waals surface area (Å²) in [5.41, 5.74) is 2.80. The summed E-state index contributed by atoms with van der Waals surface area (Å²) in [5.74, 6) is -0.190. The third kappa shape index (κ3) is 2.94. The third-order valence-corrected chi connectivity index (χ3v) is 4.74. The Balaban J connectivity index is 1.79. The fraction of sp³-hybridized carbons (Fsp3) is 0.294. The van der Waals surface area contributed by atoms with Gasteiger partial charge < -0.3 is 5.32 Å². The van der Waals surface area contributed by atoms with Crippen LogP contribution in [0.25, 0.3) is 0 Å². The summed E-state index contributed by atoms with van der Waals surface area (Å²) >= 11 is 3.48. The maximum Gasteiger partial charge on any atom is 0.124 e. The molecular weight excluding hydrogens is 317 g/mol. The van der Waals surface area contributed by atoms with Gasteiger partial charge in [-0.25, -0.2) is 4.39 Å². The Labute approximate surface area is 127 Å². The molecule has 1 saturated heterocycles. The van der Waals surface area contributed by atoms with Gasteiger partial charge in [0.2, 0.25) is 0 Å². The van der Waals surface area contributed by atoms with Gasteiger partial charge in [0.15, 0.2) is 0 Å². The third-order valence-electron chi connectivity index (χ3n) is 4.00. The van der Waals surface area contributed by atoms with Crippen molar-refractivity contribution in [3.05, 3.63) is 69.9 Å². The molecule has 1 aliphatic heterocycles. The summed E-state index contributed by atoms with van der Waals surface area (Å²) in [6, 6.07) is 15.6. The van der Waals surface area contributed by atoms with E-state index in [1.807, 2.05) is 12.1 Å². The van der Waals surface area contributed by atoms with Gasteiger partial charge in [-0.1, -0.05) is 52.3 Å². The van der Waals surface area contributed by atoms with Crippen LogP contribution < -0.4 is 5.32 Å². The highest BCUT2D eigenvalue weighted by Gasteiger charge is 2.37. The van der Waals surface area contributed by atoms with Gasteiger partial charge in [-0.2, -0.15) is 0 Å². The average molecular weight is 334 g/mol. The zero-order chi connectivity index (χ0) is 14.0. The van der Waals surface area contributed by atoms with E-state index in [0.717, 1.165) is 30.4 Å². The molecule has 0 radical (unpaired) electrons. The van der Waals surface area contributed by atoms with Crippen LogP contribution in [-0.2, 0) is 12.8 Å². The predicted octanol–water partition coefficient (Wildman–Crippen LogP) is 3.96. The molecule has 3 rings (SSSR count). The first-order valence-corrected chi connectivity index (χ1v) is 7.65. The molecule has 0 aliphatic carbocycles. The summed E-state index contributed by atoms with van der Waals surface area (Å²) in [6.45, 7) is 2.04. The van der Waals surface area contributed by atoms with E-state index in [2.05, 4.69) is 45.5 Å². The molecule has 0 unspecified atom stereocenters. The second-order valence-electron chi connectivity index (χ2n) is 5.68. The lowest BCUT2D eigenvalue weighted by Crippen LogP contribution is -2.56. The molecule has 0 amide bonds. The van der Waals surface area contributed by atoms with Crippen molar-refractivity contribution in [1.29, 1.82) is 0 Å². The Morgan fingerprint density at radius 3 is 2.40 bits per heavy atom. The molecule has 3 heteroatoms. The molecule has 20 heavy (non-hydrogen) atoms. The molecule has 104 valence electrons. The summed E-state index contributed by atoms with van der Waals surface area (Å²) in [6.07, 6.45) is 2.03. The van der Waals surface area contributed by atoms with Crippen molar-refractivity contribution in [2.45, 2.75) is 12.8 Å². The van der Waals surface area contributed by atoms with Crippen molar-refractivity contribution in [2.75, 3.05) is 13.1 Å². The van der Waals surface area contributed by atoms with Gasteiger partial charge in [0.25, 0.3) is 0 Å². The summed E-state index contributed by atoms with van der Waals surface area (Å²) in [7, 11) is 0. The molecule has 1 nitrogen and oxygen atoms in total. The Morgan fingerprint density at radius 1 is 1.05 bits per heavy atom. The van der Waals surface area contributed by atoms with E-state index in [0.29, 0.717) is 0 Å². The maximum atomic E-state index is 13.2. The van der Waals surface area contributed by atoms with E-state index in [1.54, 1.807) is 12.1 Å². The Morgan fingerprint density at radius 2 is 1.80 bits per heavy atom. The summed E-state index contributed by atoms with van der Waals surface area (Å²) in [5, 5.41) is 3.38. The Kier molecular flexibility index (Phi) is 3.90. The molecule has 0 aromatic heterocycles. The zero-order valence-electron chi connectivity index (χ0n) is 11.2. The van der Waals surface area contributed by atoms with Gasteiger partial charge in [-0.3, -0.25) is 0 Å². The van der Waals surface area contributed by atoms with E-state index in [-0.39, 0.29) is 11.2 Å².